The van der Waals surface area contributed by atoms with Crippen molar-refractivity contribution in [3.8, 4) is 6.07 Å². The molecule has 5 heteroatoms. The molecule has 0 aliphatic heterocycles. The van der Waals surface area contributed by atoms with Crippen LogP contribution in [0.2, 0.25) is 0 Å². The van der Waals surface area contributed by atoms with Crippen molar-refractivity contribution >= 4 is 21.6 Å². The number of hydrogen-bond acceptors (Lipinski definition) is 3. The second-order valence-electron chi connectivity index (χ2n) is 4.23. The molecule has 0 atom stereocenters. The van der Waals surface area contributed by atoms with Crippen molar-refractivity contribution in [2.75, 3.05) is 5.32 Å². The monoisotopic (exact) mass is 318 g/mol. The van der Waals surface area contributed by atoms with E-state index < -0.39 is 0 Å². The minimum absolute atomic E-state index is 0.667. The van der Waals surface area contributed by atoms with Gasteiger partial charge in [-0.2, -0.15) is 10.4 Å². The first kappa shape index (κ1) is 13.6. The molecule has 0 fully saturated rings. The van der Waals surface area contributed by atoms with Crippen molar-refractivity contribution in [3.63, 3.8) is 0 Å². The fraction of sp³-hybridized carbons (Fsp3) is 0.286. The third kappa shape index (κ3) is 2.96. The third-order valence-corrected chi connectivity index (χ3v) is 3.89. The zero-order chi connectivity index (χ0) is 13.8. The van der Waals surface area contributed by atoms with Gasteiger partial charge in [0.2, 0.25) is 0 Å². The van der Waals surface area contributed by atoms with Crippen molar-refractivity contribution in [1.29, 1.82) is 5.26 Å². The van der Waals surface area contributed by atoms with Crippen LogP contribution in [-0.2, 0) is 20.0 Å². The lowest BCUT2D eigenvalue weighted by Gasteiger charge is -2.07. The molecule has 0 saturated carbocycles. The molecular weight excluding hydrogens is 304 g/mol. The summed E-state index contributed by atoms with van der Waals surface area (Å²) < 4.78 is 2.96. The number of nitrogens with one attached hydrogen (secondary N) is 1. The zero-order valence-electron chi connectivity index (χ0n) is 10.9. The van der Waals surface area contributed by atoms with Gasteiger partial charge in [-0.15, -0.1) is 0 Å². The Morgan fingerprint density at radius 2 is 2.05 bits per heavy atom. The zero-order valence-corrected chi connectivity index (χ0v) is 12.5. The summed E-state index contributed by atoms with van der Waals surface area (Å²) in [6.45, 7) is 2.78. The van der Waals surface area contributed by atoms with Gasteiger partial charge in [0, 0.05) is 12.7 Å². The number of halogens is 1. The van der Waals surface area contributed by atoms with Crippen LogP contribution in [0.25, 0.3) is 0 Å². The molecule has 19 heavy (non-hydrogen) atoms. The molecule has 2 aromatic rings. The van der Waals surface area contributed by atoms with Gasteiger partial charge in [-0.05, 0) is 46.6 Å². The molecule has 0 amide bonds. The van der Waals surface area contributed by atoms with Crippen LogP contribution in [0.4, 0.5) is 5.69 Å². The van der Waals surface area contributed by atoms with E-state index in [1.54, 1.807) is 12.1 Å². The highest BCUT2D eigenvalue weighted by Gasteiger charge is 2.11. The van der Waals surface area contributed by atoms with E-state index in [1.165, 1.54) is 0 Å². The van der Waals surface area contributed by atoms with Crippen LogP contribution < -0.4 is 5.32 Å². The first-order chi connectivity index (χ1) is 9.15. The van der Waals surface area contributed by atoms with E-state index >= 15 is 0 Å². The second-order valence-corrected chi connectivity index (χ2v) is 5.02. The van der Waals surface area contributed by atoms with Crippen LogP contribution in [0.3, 0.4) is 0 Å². The fourth-order valence-corrected chi connectivity index (χ4v) is 2.62. The van der Waals surface area contributed by atoms with Gasteiger partial charge >= 0.3 is 0 Å². The summed E-state index contributed by atoms with van der Waals surface area (Å²) in [7, 11) is 1.94. The summed E-state index contributed by atoms with van der Waals surface area (Å²) in [6, 6.07) is 9.53. The number of nitrogens with zero attached hydrogens (tertiary/aromatic N) is 3. The van der Waals surface area contributed by atoms with E-state index in [2.05, 4.69) is 39.3 Å². The van der Waals surface area contributed by atoms with Crippen molar-refractivity contribution < 1.29 is 0 Å². The molecule has 0 bridgehead atoms. The fourth-order valence-electron chi connectivity index (χ4n) is 1.86. The summed E-state index contributed by atoms with van der Waals surface area (Å²) in [4.78, 5) is 0. The van der Waals surface area contributed by atoms with Crippen LogP contribution in [0.15, 0.2) is 28.7 Å². The van der Waals surface area contributed by atoms with Gasteiger partial charge in [-0.1, -0.05) is 6.92 Å². The highest BCUT2D eigenvalue weighted by atomic mass is 79.9. The van der Waals surface area contributed by atoms with Gasteiger partial charge in [-0.25, -0.2) is 0 Å². The smallest absolute Gasteiger partial charge is 0.0991 e. The molecular formula is C14H15BrN4. The van der Waals surface area contributed by atoms with E-state index in [0.717, 1.165) is 28.0 Å². The molecule has 2 rings (SSSR count). The van der Waals surface area contributed by atoms with Gasteiger partial charge < -0.3 is 5.32 Å². The number of nitriles is 1. The Hall–Kier alpha value is -1.80. The largest absolute Gasteiger partial charge is 0.379 e. The van der Waals surface area contributed by atoms with Gasteiger partial charge in [-0.3, -0.25) is 4.68 Å². The minimum Gasteiger partial charge on any atom is -0.379 e. The SMILES string of the molecule is CCc1nn(C)c(CNc2ccc(C#N)cc2)c1Br. The number of aromatic nitrogens is 2. The normalized spacial score (nSPS) is 10.2. The standard InChI is InChI=1S/C14H15BrN4/c1-3-12-14(15)13(19(2)18-12)9-17-11-6-4-10(8-16)5-7-11/h4-7,17H,3,9H2,1-2H3. The maximum absolute atomic E-state index is 8.75. The number of hydrogen-bond donors (Lipinski definition) is 1. The number of aryl methyl sites for hydroxylation is 2. The molecule has 1 N–H and O–H groups in total. The highest BCUT2D eigenvalue weighted by molar-refractivity contribution is 9.10. The van der Waals surface area contributed by atoms with Gasteiger partial charge in [0.1, 0.15) is 0 Å². The Kier molecular flexibility index (Phi) is 4.23. The molecule has 1 aromatic heterocycles. The molecule has 0 unspecified atom stereocenters. The second kappa shape index (κ2) is 5.89. The van der Waals surface area contributed by atoms with Crippen LogP contribution in [0, 0.1) is 11.3 Å². The Bertz CT molecular complexity index is 608. The summed E-state index contributed by atoms with van der Waals surface area (Å²) in [5.41, 5.74) is 3.84. The van der Waals surface area contributed by atoms with Gasteiger partial charge in [0.05, 0.1) is 34.0 Å². The molecule has 4 nitrogen and oxygen atoms in total. The van der Waals surface area contributed by atoms with Crippen molar-refractivity contribution in [1.82, 2.24) is 9.78 Å². The predicted octanol–water partition coefficient (Wildman–Crippen LogP) is 3.23. The lowest BCUT2D eigenvalue weighted by molar-refractivity contribution is 0.706. The van der Waals surface area contributed by atoms with Crippen LogP contribution in [-0.4, -0.2) is 9.78 Å². The predicted molar refractivity (Wildman–Crippen MR) is 78.8 cm³/mol. The van der Waals surface area contributed by atoms with E-state index in [9.17, 15) is 0 Å². The first-order valence-corrected chi connectivity index (χ1v) is 6.89. The molecule has 1 aromatic carbocycles. The molecule has 98 valence electrons. The van der Waals surface area contributed by atoms with E-state index in [4.69, 9.17) is 5.26 Å². The Morgan fingerprint density at radius 1 is 1.37 bits per heavy atom. The molecule has 0 radical (unpaired) electrons. The van der Waals surface area contributed by atoms with Gasteiger partial charge in [0.15, 0.2) is 0 Å². The molecule has 0 spiro atoms. The minimum atomic E-state index is 0.667. The van der Waals surface area contributed by atoms with Crippen LogP contribution in [0.1, 0.15) is 23.9 Å². The lowest BCUT2D eigenvalue weighted by atomic mass is 10.2. The number of anilines is 1. The first-order valence-electron chi connectivity index (χ1n) is 6.10. The summed E-state index contributed by atoms with van der Waals surface area (Å²) >= 11 is 3.59. The van der Waals surface area contributed by atoms with E-state index in [0.29, 0.717) is 12.1 Å². The maximum atomic E-state index is 8.75. The molecule has 1 heterocycles. The Balaban J connectivity index is 2.10. The molecule has 0 saturated heterocycles. The summed E-state index contributed by atoms with van der Waals surface area (Å²) in [5.74, 6) is 0. The highest BCUT2D eigenvalue weighted by Crippen LogP contribution is 2.22. The Labute approximate surface area is 121 Å². The third-order valence-electron chi connectivity index (χ3n) is 2.98. The van der Waals surface area contributed by atoms with Crippen molar-refractivity contribution in [2.45, 2.75) is 19.9 Å². The molecule has 0 aliphatic rings. The maximum Gasteiger partial charge on any atom is 0.0991 e. The number of rotatable bonds is 4. The van der Waals surface area contributed by atoms with E-state index in [1.807, 2.05) is 23.9 Å². The van der Waals surface area contributed by atoms with E-state index in [-0.39, 0.29) is 0 Å². The summed E-state index contributed by atoms with van der Waals surface area (Å²) in [6.07, 6.45) is 0.908. The molecule has 0 aliphatic carbocycles. The van der Waals surface area contributed by atoms with Crippen LogP contribution in [0.5, 0.6) is 0 Å². The van der Waals surface area contributed by atoms with Crippen molar-refractivity contribution in [2.24, 2.45) is 7.05 Å². The van der Waals surface area contributed by atoms with Crippen LogP contribution >= 0.6 is 15.9 Å². The summed E-state index contributed by atoms with van der Waals surface area (Å²) in [5, 5.41) is 16.5. The topological polar surface area (TPSA) is 53.6 Å². The van der Waals surface area contributed by atoms with Gasteiger partial charge in [0.25, 0.3) is 0 Å². The quantitative estimate of drug-likeness (QED) is 0.941. The number of benzene rings is 1. The van der Waals surface area contributed by atoms with Crippen molar-refractivity contribution in [3.05, 3.63) is 45.7 Å². The lowest BCUT2D eigenvalue weighted by Crippen LogP contribution is -2.05. The average molecular weight is 319 g/mol. The average Bonchev–Trinajstić information content (AvgIpc) is 2.72. The Morgan fingerprint density at radius 3 is 2.58 bits per heavy atom.